The molecule has 1 N–H and O–H groups in total. The zero-order valence-corrected chi connectivity index (χ0v) is 19.6. The second-order valence-electron chi connectivity index (χ2n) is 6.94. The zero-order valence-electron chi connectivity index (χ0n) is 16.6. The SMILES string of the molecule is O=C(COc1ccc([C@H]2SCC(=O)N2c2ccc(Cl)cc2)cc1Cl)Nc1ccc(Cl)cc1. The lowest BCUT2D eigenvalue weighted by atomic mass is 10.1. The fourth-order valence-corrected chi connectivity index (χ4v) is 4.88. The smallest absolute Gasteiger partial charge is 0.262 e. The van der Waals surface area contributed by atoms with Gasteiger partial charge in [-0.1, -0.05) is 40.9 Å². The standard InChI is InChI=1S/C23H17Cl3N2O3S/c24-15-2-6-17(7-3-15)27-21(29)12-31-20-10-1-14(11-19(20)26)23-28(22(30)13-32-23)18-8-4-16(25)5-9-18/h1-11,23H,12-13H2,(H,27,29)/t23-/m1/s1. The summed E-state index contributed by atoms with van der Waals surface area (Å²) in [5.74, 6) is 0.443. The molecule has 1 aliphatic rings. The van der Waals surface area contributed by atoms with Crippen molar-refractivity contribution in [2.45, 2.75) is 5.37 Å². The number of thioether (sulfide) groups is 1. The van der Waals surface area contributed by atoms with E-state index in [0.29, 0.717) is 32.3 Å². The highest BCUT2D eigenvalue weighted by Crippen LogP contribution is 2.43. The molecule has 5 nitrogen and oxygen atoms in total. The molecule has 1 aliphatic heterocycles. The molecule has 0 spiro atoms. The molecule has 3 aromatic rings. The summed E-state index contributed by atoms with van der Waals surface area (Å²) >= 11 is 19.8. The van der Waals surface area contributed by atoms with Crippen LogP contribution >= 0.6 is 46.6 Å². The van der Waals surface area contributed by atoms with Crippen molar-refractivity contribution in [2.75, 3.05) is 22.6 Å². The Balaban J connectivity index is 1.43. The molecule has 164 valence electrons. The van der Waals surface area contributed by atoms with E-state index in [2.05, 4.69) is 5.32 Å². The largest absolute Gasteiger partial charge is 0.482 e. The molecule has 1 saturated heterocycles. The minimum absolute atomic E-state index is 0.0117. The van der Waals surface area contributed by atoms with Crippen LogP contribution in [0.25, 0.3) is 0 Å². The van der Waals surface area contributed by atoms with Gasteiger partial charge in [-0.25, -0.2) is 0 Å². The Morgan fingerprint density at radius 1 is 1.00 bits per heavy atom. The summed E-state index contributed by atoms with van der Waals surface area (Å²) in [5.41, 5.74) is 2.25. The van der Waals surface area contributed by atoms with E-state index in [9.17, 15) is 9.59 Å². The molecule has 0 unspecified atom stereocenters. The van der Waals surface area contributed by atoms with E-state index >= 15 is 0 Å². The summed E-state index contributed by atoms with van der Waals surface area (Å²) in [5, 5.41) is 4.06. The maximum atomic E-state index is 12.5. The molecule has 0 aromatic heterocycles. The van der Waals surface area contributed by atoms with Crippen molar-refractivity contribution >= 4 is 69.8 Å². The minimum Gasteiger partial charge on any atom is -0.482 e. The van der Waals surface area contributed by atoms with Gasteiger partial charge in [0.15, 0.2) is 6.61 Å². The summed E-state index contributed by atoms with van der Waals surface area (Å²) in [6.07, 6.45) is 0. The summed E-state index contributed by atoms with van der Waals surface area (Å²) in [6, 6.07) is 19.2. The van der Waals surface area contributed by atoms with Gasteiger partial charge in [-0.3, -0.25) is 14.5 Å². The molecule has 3 aromatic carbocycles. The predicted octanol–water partition coefficient (Wildman–Crippen LogP) is 6.44. The van der Waals surface area contributed by atoms with Crippen LogP contribution in [0.15, 0.2) is 66.7 Å². The van der Waals surface area contributed by atoms with Crippen molar-refractivity contribution in [1.29, 1.82) is 0 Å². The fraction of sp³-hybridized carbons (Fsp3) is 0.130. The van der Waals surface area contributed by atoms with Crippen LogP contribution in [-0.4, -0.2) is 24.2 Å². The number of carbonyl (C=O) groups is 2. The third kappa shape index (κ3) is 5.33. The molecular formula is C23H17Cl3N2O3S. The van der Waals surface area contributed by atoms with E-state index in [1.165, 1.54) is 11.8 Å². The van der Waals surface area contributed by atoms with Crippen LogP contribution in [-0.2, 0) is 9.59 Å². The average Bonchev–Trinajstić information content (AvgIpc) is 3.16. The summed E-state index contributed by atoms with van der Waals surface area (Å²) in [7, 11) is 0. The van der Waals surface area contributed by atoms with E-state index in [-0.39, 0.29) is 23.8 Å². The van der Waals surface area contributed by atoms with E-state index < -0.39 is 0 Å². The number of hydrogen-bond donors (Lipinski definition) is 1. The van der Waals surface area contributed by atoms with Gasteiger partial charge in [-0.2, -0.15) is 0 Å². The van der Waals surface area contributed by atoms with Crippen molar-refractivity contribution in [2.24, 2.45) is 0 Å². The van der Waals surface area contributed by atoms with Gasteiger partial charge < -0.3 is 10.1 Å². The maximum Gasteiger partial charge on any atom is 0.262 e. The van der Waals surface area contributed by atoms with Crippen LogP contribution in [0.2, 0.25) is 15.1 Å². The van der Waals surface area contributed by atoms with Crippen LogP contribution in [0.1, 0.15) is 10.9 Å². The number of amides is 2. The molecule has 2 amide bonds. The van der Waals surface area contributed by atoms with E-state index in [1.807, 2.05) is 18.2 Å². The van der Waals surface area contributed by atoms with Gasteiger partial charge in [-0.05, 0) is 66.2 Å². The molecule has 0 bridgehead atoms. The Hall–Kier alpha value is -2.38. The summed E-state index contributed by atoms with van der Waals surface area (Å²) in [6.45, 7) is -0.199. The number of carbonyl (C=O) groups excluding carboxylic acids is 2. The molecule has 0 radical (unpaired) electrons. The van der Waals surface area contributed by atoms with Crippen LogP contribution < -0.4 is 15.0 Å². The highest BCUT2D eigenvalue weighted by Gasteiger charge is 2.34. The Kier molecular flexibility index (Phi) is 7.16. The van der Waals surface area contributed by atoms with Crippen molar-refractivity contribution in [3.63, 3.8) is 0 Å². The van der Waals surface area contributed by atoms with Crippen molar-refractivity contribution in [3.8, 4) is 5.75 Å². The Morgan fingerprint density at radius 3 is 2.31 bits per heavy atom. The average molecular weight is 508 g/mol. The molecular weight excluding hydrogens is 491 g/mol. The first-order chi connectivity index (χ1) is 15.4. The lowest BCUT2D eigenvalue weighted by molar-refractivity contribution is -0.118. The lowest BCUT2D eigenvalue weighted by Gasteiger charge is -2.25. The first-order valence-electron chi connectivity index (χ1n) is 9.57. The Labute approximate surface area is 204 Å². The normalized spacial score (nSPS) is 15.7. The molecule has 0 saturated carbocycles. The van der Waals surface area contributed by atoms with Gasteiger partial charge >= 0.3 is 0 Å². The van der Waals surface area contributed by atoms with E-state index in [1.54, 1.807) is 53.4 Å². The molecule has 32 heavy (non-hydrogen) atoms. The minimum atomic E-state index is -0.321. The quantitative estimate of drug-likeness (QED) is 0.417. The Bertz CT molecular complexity index is 1140. The van der Waals surface area contributed by atoms with Gasteiger partial charge in [0, 0.05) is 21.4 Å². The van der Waals surface area contributed by atoms with Gasteiger partial charge in [-0.15, -0.1) is 11.8 Å². The number of anilines is 2. The van der Waals surface area contributed by atoms with Crippen molar-refractivity contribution < 1.29 is 14.3 Å². The van der Waals surface area contributed by atoms with Gasteiger partial charge in [0.2, 0.25) is 5.91 Å². The number of nitrogens with zero attached hydrogens (tertiary/aromatic N) is 1. The van der Waals surface area contributed by atoms with Crippen LogP contribution in [0.5, 0.6) is 5.75 Å². The highest BCUT2D eigenvalue weighted by atomic mass is 35.5. The van der Waals surface area contributed by atoms with Gasteiger partial charge in [0.1, 0.15) is 11.1 Å². The van der Waals surface area contributed by atoms with Crippen LogP contribution in [0.4, 0.5) is 11.4 Å². The van der Waals surface area contributed by atoms with Crippen molar-refractivity contribution in [1.82, 2.24) is 0 Å². The Morgan fingerprint density at radius 2 is 1.66 bits per heavy atom. The number of halogens is 3. The van der Waals surface area contributed by atoms with E-state index in [4.69, 9.17) is 39.5 Å². The predicted molar refractivity (Wildman–Crippen MR) is 131 cm³/mol. The maximum absolute atomic E-state index is 12.5. The third-order valence-electron chi connectivity index (χ3n) is 4.70. The summed E-state index contributed by atoms with van der Waals surface area (Å²) in [4.78, 5) is 26.4. The molecule has 1 atom stereocenters. The number of rotatable bonds is 6. The molecule has 9 heteroatoms. The number of ether oxygens (including phenoxy) is 1. The first kappa shape index (κ1) is 22.8. The second kappa shape index (κ2) is 10.0. The first-order valence-corrected chi connectivity index (χ1v) is 11.8. The molecule has 4 rings (SSSR count). The van der Waals surface area contributed by atoms with Crippen LogP contribution in [0.3, 0.4) is 0 Å². The van der Waals surface area contributed by atoms with E-state index in [0.717, 1.165) is 11.3 Å². The van der Waals surface area contributed by atoms with Gasteiger partial charge in [0.25, 0.3) is 5.91 Å². The molecule has 0 aliphatic carbocycles. The number of hydrogen-bond acceptors (Lipinski definition) is 4. The zero-order chi connectivity index (χ0) is 22.7. The van der Waals surface area contributed by atoms with Crippen molar-refractivity contribution in [3.05, 3.63) is 87.4 Å². The topological polar surface area (TPSA) is 58.6 Å². The van der Waals surface area contributed by atoms with Crippen LogP contribution in [0, 0.1) is 0 Å². The number of nitrogens with one attached hydrogen (secondary N) is 1. The van der Waals surface area contributed by atoms with Gasteiger partial charge in [0.05, 0.1) is 10.8 Å². The monoisotopic (exact) mass is 506 g/mol. The fourth-order valence-electron chi connectivity index (χ4n) is 3.21. The number of benzene rings is 3. The second-order valence-corrected chi connectivity index (χ2v) is 9.29. The molecule has 1 heterocycles. The lowest BCUT2D eigenvalue weighted by Crippen LogP contribution is -2.27. The third-order valence-corrected chi connectivity index (χ3v) is 6.71. The highest BCUT2D eigenvalue weighted by molar-refractivity contribution is 8.00. The molecule has 1 fully saturated rings. The summed E-state index contributed by atoms with van der Waals surface area (Å²) < 4.78 is 5.59.